The number of hydrogen-bond acceptors (Lipinski definition) is 2. The molecule has 3 rings (SSSR count). The number of amides is 1. The first-order chi connectivity index (χ1) is 9.24. The Morgan fingerprint density at radius 1 is 1.26 bits per heavy atom. The maximum atomic E-state index is 12.1. The lowest BCUT2D eigenvalue weighted by molar-refractivity contribution is -0.119. The maximum Gasteiger partial charge on any atom is 0.227 e. The zero-order chi connectivity index (χ0) is 13.2. The van der Waals surface area contributed by atoms with E-state index in [0.29, 0.717) is 0 Å². The average Bonchev–Trinajstić information content (AvgIpc) is 2.93. The minimum atomic E-state index is 0.210. The van der Waals surface area contributed by atoms with E-state index in [2.05, 4.69) is 29.4 Å². The average molecular weight is 258 g/mol. The van der Waals surface area contributed by atoms with E-state index in [1.165, 1.54) is 30.5 Å². The second kappa shape index (κ2) is 5.24. The van der Waals surface area contributed by atoms with Crippen molar-refractivity contribution in [2.45, 2.75) is 38.5 Å². The van der Waals surface area contributed by atoms with E-state index in [0.717, 1.165) is 31.5 Å². The van der Waals surface area contributed by atoms with Gasteiger partial charge in [0, 0.05) is 30.9 Å². The molecule has 102 valence electrons. The molecule has 1 amide bonds. The Balaban J connectivity index is 1.73. The van der Waals surface area contributed by atoms with Gasteiger partial charge in [0.1, 0.15) is 0 Å². The lowest BCUT2D eigenvalue weighted by atomic mass is 10.0. The molecule has 1 fully saturated rings. The first kappa shape index (κ1) is 12.5. The zero-order valence-corrected chi connectivity index (χ0v) is 11.6. The van der Waals surface area contributed by atoms with E-state index >= 15 is 0 Å². The number of nitrogens with zero attached hydrogens (tertiary/aromatic N) is 1. The van der Waals surface area contributed by atoms with E-state index in [1.54, 1.807) is 0 Å². The van der Waals surface area contributed by atoms with Crippen molar-refractivity contribution < 1.29 is 4.79 Å². The number of rotatable bonds is 2. The third-order valence-corrected chi connectivity index (χ3v) is 4.42. The minimum Gasteiger partial charge on any atom is -0.374 e. The normalized spacial score (nSPS) is 19.3. The predicted octanol–water partition coefficient (Wildman–Crippen LogP) is 3.20. The molecule has 0 saturated heterocycles. The molecule has 0 spiro atoms. The number of carbonyl (C=O) groups excluding carboxylic acids is 1. The van der Waals surface area contributed by atoms with Gasteiger partial charge in [0.05, 0.1) is 0 Å². The quantitative estimate of drug-likeness (QED) is 0.883. The molecule has 1 N–H and O–H groups in total. The van der Waals surface area contributed by atoms with Crippen LogP contribution in [0.1, 0.15) is 37.7 Å². The molecule has 3 nitrogen and oxygen atoms in total. The summed E-state index contributed by atoms with van der Waals surface area (Å²) in [6, 6.07) is 6.32. The second-order valence-electron chi connectivity index (χ2n) is 5.84. The highest BCUT2D eigenvalue weighted by Gasteiger charge is 2.23. The number of hydrogen-bond donors (Lipinski definition) is 1. The second-order valence-corrected chi connectivity index (χ2v) is 5.84. The molecule has 1 heterocycles. The van der Waals surface area contributed by atoms with Gasteiger partial charge >= 0.3 is 0 Å². The van der Waals surface area contributed by atoms with E-state index in [4.69, 9.17) is 0 Å². The summed E-state index contributed by atoms with van der Waals surface area (Å²) in [6.45, 7) is 1.13. The largest absolute Gasteiger partial charge is 0.374 e. The lowest BCUT2D eigenvalue weighted by Crippen LogP contribution is -2.25. The van der Waals surface area contributed by atoms with Crippen LogP contribution in [-0.4, -0.2) is 19.5 Å². The lowest BCUT2D eigenvalue weighted by Gasteiger charge is -2.28. The number of carbonyl (C=O) groups is 1. The van der Waals surface area contributed by atoms with Crippen molar-refractivity contribution in [2.75, 3.05) is 23.8 Å². The molecular weight excluding hydrogens is 236 g/mol. The summed E-state index contributed by atoms with van der Waals surface area (Å²) < 4.78 is 0. The highest BCUT2D eigenvalue weighted by Crippen LogP contribution is 2.30. The molecule has 2 aliphatic rings. The van der Waals surface area contributed by atoms with Crippen LogP contribution in [0.4, 0.5) is 11.4 Å². The van der Waals surface area contributed by atoms with Crippen LogP contribution in [0.3, 0.4) is 0 Å². The third kappa shape index (κ3) is 2.60. The van der Waals surface area contributed by atoms with Crippen molar-refractivity contribution >= 4 is 17.3 Å². The molecule has 0 atom stereocenters. The molecule has 1 aromatic rings. The monoisotopic (exact) mass is 258 g/mol. The molecule has 1 aromatic carbocycles. The van der Waals surface area contributed by atoms with E-state index < -0.39 is 0 Å². The Morgan fingerprint density at radius 2 is 2.05 bits per heavy atom. The molecule has 1 aliphatic heterocycles. The zero-order valence-electron chi connectivity index (χ0n) is 11.6. The fourth-order valence-electron chi connectivity index (χ4n) is 3.30. The van der Waals surface area contributed by atoms with Gasteiger partial charge in [-0.3, -0.25) is 4.79 Å². The van der Waals surface area contributed by atoms with Gasteiger partial charge in [-0.05, 0) is 49.4 Å². The molecule has 0 aromatic heterocycles. The molecular formula is C16H22N2O. The maximum absolute atomic E-state index is 12.1. The van der Waals surface area contributed by atoms with E-state index in [1.807, 2.05) is 6.07 Å². The Hall–Kier alpha value is -1.51. The highest BCUT2D eigenvalue weighted by molar-refractivity contribution is 5.93. The Kier molecular flexibility index (Phi) is 3.45. The number of anilines is 2. The van der Waals surface area contributed by atoms with Crippen molar-refractivity contribution in [2.24, 2.45) is 5.92 Å². The molecule has 0 bridgehead atoms. The predicted molar refractivity (Wildman–Crippen MR) is 78.6 cm³/mol. The van der Waals surface area contributed by atoms with Gasteiger partial charge in [0.2, 0.25) is 5.91 Å². The molecule has 1 saturated carbocycles. The van der Waals surface area contributed by atoms with Crippen molar-refractivity contribution in [3.8, 4) is 0 Å². The SMILES string of the molecule is CN1CCCc2cc(NC(=O)C3CCCC3)ccc21. The molecule has 1 aliphatic carbocycles. The Morgan fingerprint density at radius 3 is 2.84 bits per heavy atom. The van der Waals surface area contributed by atoms with Crippen LogP contribution in [0.25, 0.3) is 0 Å². The first-order valence-electron chi connectivity index (χ1n) is 7.39. The molecule has 0 unspecified atom stereocenters. The van der Waals surface area contributed by atoms with Crippen LogP contribution in [0, 0.1) is 5.92 Å². The van der Waals surface area contributed by atoms with Crippen molar-refractivity contribution in [3.63, 3.8) is 0 Å². The summed E-state index contributed by atoms with van der Waals surface area (Å²) in [4.78, 5) is 14.4. The number of fused-ring (bicyclic) bond motifs is 1. The number of nitrogens with one attached hydrogen (secondary N) is 1. The molecule has 3 heteroatoms. The van der Waals surface area contributed by atoms with Crippen LogP contribution in [0.15, 0.2) is 18.2 Å². The van der Waals surface area contributed by atoms with Crippen LogP contribution < -0.4 is 10.2 Å². The fraction of sp³-hybridized carbons (Fsp3) is 0.562. The summed E-state index contributed by atoms with van der Waals surface area (Å²) in [7, 11) is 2.13. The summed E-state index contributed by atoms with van der Waals surface area (Å²) >= 11 is 0. The molecule has 19 heavy (non-hydrogen) atoms. The van der Waals surface area contributed by atoms with Gasteiger partial charge in [-0.1, -0.05) is 12.8 Å². The van der Waals surface area contributed by atoms with Gasteiger partial charge in [0.15, 0.2) is 0 Å². The Bertz CT molecular complexity index is 478. The van der Waals surface area contributed by atoms with Gasteiger partial charge < -0.3 is 10.2 Å². The summed E-state index contributed by atoms with van der Waals surface area (Å²) in [6.07, 6.45) is 6.83. The van der Waals surface area contributed by atoms with Crippen LogP contribution >= 0.6 is 0 Å². The summed E-state index contributed by atoms with van der Waals surface area (Å²) in [5.41, 5.74) is 3.63. The van der Waals surface area contributed by atoms with Gasteiger partial charge in [0.25, 0.3) is 0 Å². The van der Waals surface area contributed by atoms with Gasteiger partial charge in [-0.15, -0.1) is 0 Å². The van der Waals surface area contributed by atoms with Crippen molar-refractivity contribution in [1.29, 1.82) is 0 Å². The molecule has 0 radical (unpaired) electrons. The first-order valence-corrected chi connectivity index (χ1v) is 7.39. The van der Waals surface area contributed by atoms with Crippen LogP contribution in [0.2, 0.25) is 0 Å². The van der Waals surface area contributed by atoms with Crippen molar-refractivity contribution in [1.82, 2.24) is 0 Å². The topological polar surface area (TPSA) is 32.3 Å². The van der Waals surface area contributed by atoms with Crippen LogP contribution in [-0.2, 0) is 11.2 Å². The van der Waals surface area contributed by atoms with Crippen molar-refractivity contribution in [3.05, 3.63) is 23.8 Å². The fourth-order valence-corrected chi connectivity index (χ4v) is 3.30. The van der Waals surface area contributed by atoms with Gasteiger partial charge in [-0.25, -0.2) is 0 Å². The third-order valence-electron chi connectivity index (χ3n) is 4.42. The van der Waals surface area contributed by atoms with E-state index in [-0.39, 0.29) is 11.8 Å². The number of aryl methyl sites for hydroxylation is 1. The standard InChI is InChI=1S/C16H22N2O/c1-18-10-4-7-13-11-14(8-9-15(13)18)17-16(19)12-5-2-3-6-12/h8-9,11-12H,2-7,10H2,1H3,(H,17,19). The summed E-state index contributed by atoms with van der Waals surface area (Å²) in [5, 5.41) is 3.09. The van der Waals surface area contributed by atoms with Crippen LogP contribution in [0.5, 0.6) is 0 Å². The Labute approximate surface area is 115 Å². The highest BCUT2D eigenvalue weighted by atomic mass is 16.1. The number of benzene rings is 1. The minimum absolute atomic E-state index is 0.210. The van der Waals surface area contributed by atoms with Gasteiger partial charge in [-0.2, -0.15) is 0 Å². The summed E-state index contributed by atoms with van der Waals surface area (Å²) in [5.74, 6) is 0.445. The van der Waals surface area contributed by atoms with E-state index in [9.17, 15) is 4.79 Å². The smallest absolute Gasteiger partial charge is 0.227 e.